The van der Waals surface area contributed by atoms with E-state index in [-0.39, 0.29) is 30.2 Å². The van der Waals surface area contributed by atoms with E-state index in [9.17, 15) is 9.18 Å². The van der Waals surface area contributed by atoms with Crippen molar-refractivity contribution in [1.82, 2.24) is 4.90 Å². The summed E-state index contributed by atoms with van der Waals surface area (Å²) in [7, 11) is 0. The number of benzene rings is 1. The average molecular weight is 303 g/mol. The van der Waals surface area contributed by atoms with Gasteiger partial charge in [-0.05, 0) is 31.9 Å². The molecule has 4 nitrogen and oxygen atoms in total. The smallest absolute Gasteiger partial charge is 0.263 e. The zero-order chi connectivity index (χ0) is 13.8. The molecule has 1 amide bonds. The molecule has 2 unspecified atom stereocenters. The number of amides is 1. The first-order valence-electron chi connectivity index (χ1n) is 6.53. The van der Waals surface area contributed by atoms with Crippen LogP contribution in [0.3, 0.4) is 0 Å². The van der Waals surface area contributed by atoms with Gasteiger partial charge in [0.25, 0.3) is 5.91 Å². The molecule has 2 rings (SSSR count). The molecule has 0 aromatic heterocycles. The number of hydrogen-bond donors (Lipinski definition) is 1. The van der Waals surface area contributed by atoms with Crippen LogP contribution in [0.2, 0.25) is 0 Å². The van der Waals surface area contributed by atoms with Crippen molar-refractivity contribution in [2.24, 2.45) is 5.73 Å². The molecule has 112 valence electrons. The highest BCUT2D eigenvalue weighted by Gasteiger charge is 2.26. The molecule has 0 spiro atoms. The minimum absolute atomic E-state index is 0. The van der Waals surface area contributed by atoms with Crippen LogP contribution < -0.4 is 10.5 Å². The van der Waals surface area contributed by atoms with Crippen LogP contribution in [0.15, 0.2) is 24.3 Å². The van der Waals surface area contributed by atoms with E-state index in [1.54, 1.807) is 24.0 Å². The third kappa shape index (κ3) is 4.35. The van der Waals surface area contributed by atoms with Crippen molar-refractivity contribution >= 4 is 18.3 Å². The Labute approximate surface area is 124 Å². The molecule has 0 saturated carbocycles. The molecular weight excluding hydrogens is 283 g/mol. The number of halogens is 2. The van der Waals surface area contributed by atoms with Crippen molar-refractivity contribution in [3.63, 3.8) is 0 Å². The summed E-state index contributed by atoms with van der Waals surface area (Å²) < 4.78 is 18.5. The zero-order valence-electron chi connectivity index (χ0n) is 11.4. The normalized spacial score (nSPS) is 19.9. The van der Waals surface area contributed by atoms with E-state index >= 15 is 0 Å². The van der Waals surface area contributed by atoms with Gasteiger partial charge in [-0.15, -0.1) is 12.4 Å². The highest BCUT2D eigenvalue weighted by Crippen LogP contribution is 2.16. The second kappa shape index (κ2) is 7.45. The first kappa shape index (κ1) is 16.7. The Kier molecular flexibility index (Phi) is 6.23. The fourth-order valence-electron chi connectivity index (χ4n) is 2.26. The van der Waals surface area contributed by atoms with E-state index in [0.717, 1.165) is 12.8 Å². The van der Waals surface area contributed by atoms with Crippen LogP contribution >= 0.6 is 12.4 Å². The predicted molar refractivity (Wildman–Crippen MR) is 77.5 cm³/mol. The second-order valence-electron chi connectivity index (χ2n) is 4.90. The SMILES string of the molecule is CC(Oc1cccc(F)c1)C(=O)N1CCCC(N)C1.Cl. The number of carbonyl (C=O) groups is 1. The first-order valence-corrected chi connectivity index (χ1v) is 6.53. The molecule has 1 fully saturated rings. The Bertz CT molecular complexity index is 459. The molecule has 2 atom stereocenters. The molecule has 0 aliphatic carbocycles. The Hall–Kier alpha value is -1.33. The van der Waals surface area contributed by atoms with E-state index in [1.807, 2.05) is 0 Å². The number of piperidine rings is 1. The Morgan fingerprint density at radius 1 is 1.55 bits per heavy atom. The van der Waals surface area contributed by atoms with Crippen LogP contribution in [-0.4, -0.2) is 36.0 Å². The quantitative estimate of drug-likeness (QED) is 0.928. The second-order valence-corrected chi connectivity index (χ2v) is 4.90. The van der Waals surface area contributed by atoms with Gasteiger partial charge < -0.3 is 15.4 Å². The van der Waals surface area contributed by atoms with Crippen molar-refractivity contribution in [1.29, 1.82) is 0 Å². The Balaban J connectivity index is 0.00000200. The number of rotatable bonds is 3. The van der Waals surface area contributed by atoms with Crippen molar-refractivity contribution in [2.45, 2.75) is 31.9 Å². The molecule has 1 heterocycles. The van der Waals surface area contributed by atoms with Gasteiger partial charge in [0.05, 0.1) is 0 Å². The lowest BCUT2D eigenvalue weighted by molar-refractivity contribution is -0.139. The number of likely N-dealkylation sites (tertiary alicyclic amines) is 1. The van der Waals surface area contributed by atoms with Gasteiger partial charge in [0, 0.05) is 25.2 Å². The van der Waals surface area contributed by atoms with Gasteiger partial charge in [-0.1, -0.05) is 6.07 Å². The maximum absolute atomic E-state index is 13.0. The van der Waals surface area contributed by atoms with E-state index in [4.69, 9.17) is 10.5 Å². The van der Waals surface area contributed by atoms with Crippen LogP contribution in [0.4, 0.5) is 4.39 Å². The molecule has 1 aromatic carbocycles. The molecule has 1 aliphatic rings. The van der Waals surface area contributed by atoms with Crippen LogP contribution in [0.25, 0.3) is 0 Å². The van der Waals surface area contributed by atoms with E-state index < -0.39 is 6.10 Å². The molecule has 1 aromatic rings. The van der Waals surface area contributed by atoms with Gasteiger partial charge in [-0.2, -0.15) is 0 Å². The van der Waals surface area contributed by atoms with Crippen LogP contribution in [-0.2, 0) is 4.79 Å². The molecule has 0 radical (unpaired) electrons. The highest BCUT2D eigenvalue weighted by molar-refractivity contribution is 5.85. The van der Waals surface area contributed by atoms with Gasteiger partial charge in [-0.3, -0.25) is 4.79 Å². The zero-order valence-corrected chi connectivity index (χ0v) is 12.2. The van der Waals surface area contributed by atoms with Crippen LogP contribution in [0.5, 0.6) is 5.75 Å². The molecule has 6 heteroatoms. The van der Waals surface area contributed by atoms with Crippen LogP contribution in [0.1, 0.15) is 19.8 Å². The third-order valence-electron chi connectivity index (χ3n) is 3.23. The van der Waals surface area contributed by atoms with E-state index in [2.05, 4.69) is 0 Å². The van der Waals surface area contributed by atoms with E-state index in [1.165, 1.54) is 12.1 Å². The first-order chi connectivity index (χ1) is 9.06. The van der Waals surface area contributed by atoms with Crippen molar-refractivity contribution < 1.29 is 13.9 Å². The number of nitrogens with two attached hydrogens (primary N) is 1. The Morgan fingerprint density at radius 2 is 2.30 bits per heavy atom. The summed E-state index contributed by atoms with van der Waals surface area (Å²) in [6.07, 6.45) is 1.23. The summed E-state index contributed by atoms with van der Waals surface area (Å²) in [5.41, 5.74) is 5.85. The van der Waals surface area contributed by atoms with Crippen molar-refractivity contribution in [3.05, 3.63) is 30.1 Å². The molecule has 20 heavy (non-hydrogen) atoms. The number of nitrogens with zero attached hydrogens (tertiary/aromatic N) is 1. The van der Waals surface area contributed by atoms with Gasteiger partial charge in [-0.25, -0.2) is 4.39 Å². The fraction of sp³-hybridized carbons (Fsp3) is 0.500. The molecular formula is C14H20ClFN2O2. The maximum atomic E-state index is 13.0. The number of ether oxygens (including phenoxy) is 1. The number of carbonyl (C=O) groups excluding carboxylic acids is 1. The van der Waals surface area contributed by atoms with Gasteiger partial charge in [0.1, 0.15) is 11.6 Å². The highest BCUT2D eigenvalue weighted by atomic mass is 35.5. The molecule has 1 aliphatic heterocycles. The van der Waals surface area contributed by atoms with Crippen LogP contribution in [0, 0.1) is 5.82 Å². The minimum atomic E-state index is -0.632. The molecule has 0 bridgehead atoms. The fourth-order valence-corrected chi connectivity index (χ4v) is 2.26. The lowest BCUT2D eigenvalue weighted by Gasteiger charge is -2.32. The summed E-state index contributed by atoms with van der Waals surface area (Å²) >= 11 is 0. The average Bonchev–Trinajstić information content (AvgIpc) is 2.38. The largest absolute Gasteiger partial charge is 0.481 e. The van der Waals surface area contributed by atoms with Crippen molar-refractivity contribution in [3.8, 4) is 5.75 Å². The molecule has 2 N–H and O–H groups in total. The predicted octanol–water partition coefficient (Wildman–Crippen LogP) is 1.96. The minimum Gasteiger partial charge on any atom is -0.481 e. The summed E-state index contributed by atoms with van der Waals surface area (Å²) in [5.74, 6) is -0.112. The lowest BCUT2D eigenvalue weighted by Crippen LogP contribution is -2.49. The van der Waals surface area contributed by atoms with Gasteiger partial charge >= 0.3 is 0 Å². The standard InChI is InChI=1S/C14H19FN2O2.ClH/c1-10(19-13-6-2-4-11(15)8-13)14(18)17-7-3-5-12(16)9-17;/h2,4,6,8,10,12H,3,5,7,9,16H2,1H3;1H. The topological polar surface area (TPSA) is 55.6 Å². The summed E-state index contributed by atoms with van der Waals surface area (Å²) in [6.45, 7) is 2.95. The summed E-state index contributed by atoms with van der Waals surface area (Å²) in [4.78, 5) is 13.9. The summed E-state index contributed by atoms with van der Waals surface area (Å²) in [5, 5.41) is 0. The van der Waals surface area contributed by atoms with Crippen molar-refractivity contribution in [2.75, 3.05) is 13.1 Å². The lowest BCUT2D eigenvalue weighted by atomic mass is 10.1. The number of hydrogen-bond acceptors (Lipinski definition) is 3. The molecule has 1 saturated heterocycles. The monoisotopic (exact) mass is 302 g/mol. The summed E-state index contributed by atoms with van der Waals surface area (Å²) in [6, 6.07) is 5.83. The van der Waals surface area contributed by atoms with Gasteiger partial charge in [0.2, 0.25) is 0 Å². The maximum Gasteiger partial charge on any atom is 0.263 e. The van der Waals surface area contributed by atoms with E-state index in [0.29, 0.717) is 18.8 Å². The Morgan fingerprint density at radius 3 is 2.95 bits per heavy atom. The third-order valence-corrected chi connectivity index (χ3v) is 3.23. The van der Waals surface area contributed by atoms with Gasteiger partial charge in [0.15, 0.2) is 6.10 Å².